The van der Waals surface area contributed by atoms with Gasteiger partial charge in [0.1, 0.15) is 0 Å². The number of carboxylic acid groups (broad SMARTS) is 1. The number of nitrogens with one attached hydrogen (secondary N) is 2. The predicted molar refractivity (Wildman–Crippen MR) is 104 cm³/mol. The summed E-state index contributed by atoms with van der Waals surface area (Å²) in [6.45, 7) is 6.22. The summed E-state index contributed by atoms with van der Waals surface area (Å²) in [5, 5.41) is 14.0. The molecular formula is C21H24N2O4. The number of anilines is 1. The normalized spacial score (nSPS) is 10.9. The van der Waals surface area contributed by atoms with Crippen LogP contribution in [0.2, 0.25) is 0 Å². The number of carbonyl (C=O) groups excluding carboxylic acids is 2. The SMILES string of the molecule is CC(C)(C)c1ccccc1C(=O)Nc1ccc(C(=O)NCCC(=O)O)cc1. The first kappa shape index (κ1) is 20.2. The van der Waals surface area contributed by atoms with Gasteiger partial charge in [0, 0.05) is 23.4 Å². The Kier molecular flexibility index (Phi) is 6.34. The summed E-state index contributed by atoms with van der Waals surface area (Å²) >= 11 is 0. The Morgan fingerprint density at radius 2 is 1.56 bits per heavy atom. The zero-order chi connectivity index (χ0) is 20.0. The van der Waals surface area contributed by atoms with E-state index < -0.39 is 5.97 Å². The van der Waals surface area contributed by atoms with Crippen LogP contribution in [0.25, 0.3) is 0 Å². The van der Waals surface area contributed by atoms with Crippen LogP contribution in [0.4, 0.5) is 5.69 Å². The summed E-state index contributed by atoms with van der Waals surface area (Å²) < 4.78 is 0. The fourth-order valence-electron chi connectivity index (χ4n) is 2.62. The van der Waals surface area contributed by atoms with E-state index in [-0.39, 0.29) is 30.2 Å². The van der Waals surface area contributed by atoms with Gasteiger partial charge in [-0.3, -0.25) is 14.4 Å². The molecule has 0 heterocycles. The van der Waals surface area contributed by atoms with Crippen molar-refractivity contribution in [2.75, 3.05) is 11.9 Å². The Labute approximate surface area is 158 Å². The zero-order valence-corrected chi connectivity index (χ0v) is 15.7. The summed E-state index contributed by atoms with van der Waals surface area (Å²) in [5.74, 6) is -1.53. The average molecular weight is 368 g/mol. The molecule has 2 amide bonds. The lowest BCUT2D eigenvalue weighted by atomic mass is 9.83. The van der Waals surface area contributed by atoms with Crippen molar-refractivity contribution < 1.29 is 19.5 Å². The second kappa shape index (κ2) is 8.49. The molecule has 0 saturated heterocycles. The van der Waals surface area contributed by atoms with Crippen LogP contribution in [-0.2, 0) is 10.2 Å². The Balaban J connectivity index is 2.06. The van der Waals surface area contributed by atoms with Crippen molar-refractivity contribution in [1.82, 2.24) is 5.32 Å². The molecular weight excluding hydrogens is 344 g/mol. The molecule has 0 aliphatic rings. The number of hydrogen-bond acceptors (Lipinski definition) is 3. The Hall–Kier alpha value is -3.15. The van der Waals surface area contributed by atoms with Gasteiger partial charge in [-0.25, -0.2) is 0 Å². The van der Waals surface area contributed by atoms with Crippen LogP contribution in [0.3, 0.4) is 0 Å². The maximum atomic E-state index is 12.7. The van der Waals surface area contributed by atoms with E-state index in [1.807, 2.05) is 18.2 Å². The standard InChI is InChI=1S/C21H24N2O4/c1-21(2,3)17-7-5-4-6-16(17)20(27)23-15-10-8-14(9-11-15)19(26)22-13-12-18(24)25/h4-11H,12-13H2,1-3H3,(H,22,26)(H,23,27)(H,24,25). The second-order valence-corrected chi connectivity index (χ2v) is 7.23. The number of carbonyl (C=O) groups is 3. The minimum atomic E-state index is -0.969. The molecule has 2 aromatic carbocycles. The highest BCUT2D eigenvalue weighted by Crippen LogP contribution is 2.26. The molecule has 0 aromatic heterocycles. The average Bonchev–Trinajstić information content (AvgIpc) is 2.61. The smallest absolute Gasteiger partial charge is 0.305 e. The first-order chi connectivity index (χ1) is 12.7. The van der Waals surface area contributed by atoms with Gasteiger partial charge in [-0.15, -0.1) is 0 Å². The largest absolute Gasteiger partial charge is 0.481 e. The number of amides is 2. The first-order valence-corrected chi connectivity index (χ1v) is 8.69. The third-order valence-corrected chi connectivity index (χ3v) is 4.01. The van der Waals surface area contributed by atoms with Gasteiger partial charge >= 0.3 is 5.97 Å². The number of rotatable bonds is 6. The predicted octanol–water partition coefficient (Wildman–Crippen LogP) is 3.44. The third-order valence-electron chi connectivity index (χ3n) is 4.01. The lowest BCUT2D eigenvalue weighted by molar-refractivity contribution is -0.136. The molecule has 0 atom stereocenters. The second-order valence-electron chi connectivity index (χ2n) is 7.23. The fraction of sp³-hybridized carbons (Fsp3) is 0.286. The van der Waals surface area contributed by atoms with Crippen molar-refractivity contribution in [1.29, 1.82) is 0 Å². The summed E-state index contributed by atoms with van der Waals surface area (Å²) in [7, 11) is 0. The van der Waals surface area contributed by atoms with Crippen molar-refractivity contribution in [3.8, 4) is 0 Å². The Bertz CT molecular complexity index is 836. The van der Waals surface area contributed by atoms with E-state index in [1.54, 1.807) is 30.3 Å². The van der Waals surface area contributed by atoms with E-state index in [0.29, 0.717) is 16.8 Å². The quantitative estimate of drug-likeness (QED) is 0.728. The lowest BCUT2D eigenvalue weighted by Crippen LogP contribution is -2.26. The molecule has 2 aromatic rings. The molecule has 27 heavy (non-hydrogen) atoms. The first-order valence-electron chi connectivity index (χ1n) is 8.69. The van der Waals surface area contributed by atoms with Crippen LogP contribution in [0.5, 0.6) is 0 Å². The molecule has 0 fully saturated rings. The maximum absolute atomic E-state index is 12.7. The number of carboxylic acids is 1. The Morgan fingerprint density at radius 3 is 2.15 bits per heavy atom. The fourth-order valence-corrected chi connectivity index (χ4v) is 2.62. The van der Waals surface area contributed by atoms with Crippen molar-refractivity contribution in [2.45, 2.75) is 32.6 Å². The number of benzene rings is 2. The van der Waals surface area contributed by atoms with E-state index in [1.165, 1.54) is 0 Å². The van der Waals surface area contributed by atoms with Gasteiger partial charge in [-0.2, -0.15) is 0 Å². The van der Waals surface area contributed by atoms with Crippen LogP contribution < -0.4 is 10.6 Å². The molecule has 0 unspecified atom stereocenters. The highest BCUT2D eigenvalue weighted by molar-refractivity contribution is 6.05. The molecule has 0 spiro atoms. The monoisotopic (exact) mass is 368 g/mol. The molecule has 0 aliphatic heterocycles. The summed E-state index contributed by atoms with van der Waals surface area (Å²) in [4.78, 5) is 35.1. The molecule has 0 aliphatic carbocycles. The Morgan fingerprint density at radius 1 is 0.926 bits per heavy atom. The molecule has 3 N–H and O–H groups in total. The van der Waals surface area contributed by atoms with Crippen molar-refractivity contribution in [3.05, 3.63) is 65.2 Å². The summed E-state index contributed by atoms with van der Waals surface area (Å²) in [6.07, 6.45) is -0.132. The van der Waals surface area contributed by atoms with Crippen molar-refractivity contribution in [2.24, 2.45) is 0 Å². The highest BCUT2D eigenvalue weighted by Gasteiger charge is 2.21. The summed E-state index contributed by atoms with van der Waals surface area (Å²) in [5.41, 5.74) is 2.38. The molecule has 2 rings (SSSR count). The van der Waals surface area contributed by atoms with E-state index in [9.17, 15) is 14.4 Å². The van der Waals surface area contributed by atoms with Gasteiger partial charge in [0.15, 0.2) is 0 Å². The zero-order valence-electron chi connectivity index (χ0n) is 15.7. The van der Waals surface area contributed by atoms with Gasteiger partial charge in [-0.05, 0) is 41.3 Å². The minimum Gasteiger partial charge on any atom is -0.481 e. The van der Waals surface area contributed by atoms with E-state index >= 15 is 0 Å². The van der Waals surface area contributed by atoms with E-state index in [4.69, 9.17) is 5.11 Å². The number of aliphatic carboxylic acids is 1. The third kappa shape index (κ3) is 5.67. The van der Waals surface area contributed by atoms with Gasteiger partial charge in [0.2, 0.25) is 0 Å². The van der Waals surface area contributed by atoms with Gasteiger partial charge in [0.25, 0.3) is 11.8 Å². The van der Waals surface area contributed by atoms with Crippen LogP contribution in [-0.4, -0.2) is 29.4 Å². The number of hydrogen-bond donors (Lipinski definition) is 3. The van der Waals surface area contributed by atoms with Gasteiger partial charge < -0.3 is 15.7 Å². The van der Waals surface area contributed by atoms with E-state index in [0.717, 1.165) is 5.56 Å². The molecule has 0 saturated carbocycles. The van der Waals surface area contributed by atoms with Crippen LogP contribution in [0.15, 0.2) is 48.5 Å². The van der Waals surface area contributed by atoms with Crippen LogP contribution in [0, 0.1) is 0 Å². The maximum Gasteiger partial charge on any atom is 0.305 e. The topological polar surface area (TPSA) is 95.5 Å². The van der Waals surface area contributed by atoms with Crippen molar-refractivity contribution in [3.63, 3.8) is 0 Å². The van der Waals surface area contributed by atoms with Gasteiger partial charge in [-0.1, -0.05) is 39.0 Å². The molecule has 6 nitrogen and oxygen atoms in total. The lowest BCUT2D eigenvalue weighted by Gasteiger charge is -2.22. The molecule has 142 valence electrons. The van der Waals surface area contributed by atoms with Crippen molar-refractivity contribution >= 4 is 23.5 Å². The highest BCUT2D eigenvalue weighted by atomic mass is 16.4. The van der Waals surface area contributed by atoms with Gasteiger partial charge in [0.05, 0.1) is 6.42 Å². The minimum absolute atomic E-state index is 0.0657. The van der Waals surface area contributed by atoms with Crippen LogP contribution >= 0.6 is 0 Å². The van der Waals surface area contributed by atoms with Crippen LogP contribution in [0.1, 0.15) is 53.5 Å². The van der Waals surface area contributed by atoms with E-state index in [2.05, 4.69) is 31.4 Å². The molecule has 6 heteroatoms. The summed E-state index contributed by atoms with van der Waals surface area (Å²) in [6, 6.07) is 13.9. The molecule has 0 bridgehead atoms. The molecule has 0 radical (unpaired) electrons.